The first-order valence-corrected chi connectivity index (χ1v) is 9.02. The van der Waals surface area contributed by atoms with Crippen molar-refractivity contribution in [1.82, 2.24) is 9.66 Å². The summed E-state index contributed by atoms with van der Waals surface area (Å²) in [6.07, 6.45) is 3.56. The third-order valence-corrected chi connectivity index (χ3v) is 4.85. The summed E-state index contributed by atoms with van der Waals surface area (Å²) in [4.78, 5) is 8.79. The average molecular weight is 350 g/mol. The van der Waals surface area contributed by atoms with Crippen molar-refractivity contribution in [2.24, 2.45) is 10.1 Å². The van der Waals surface area contributed by atoms with Crippen molar-refractivity contribution >= 4 is 28.5 Å². The number of para-hydroxylation sites is 1. The van der Waals surface area contributed by atoms with Gasteiger partial charge < -0.3 is 9.40 Å². The molecule has 1 aromatic carbocycles. The Morgan fingerprint density at radius 1 is 1.24 bits per heavy atom. The van der Waals surface area contributed by atoms with Crippen molar-refractivity contribution in [2.75, 3.05) is 6.54 Å². The SMILES string of the molecule is CCN=c1scc(-c2ccco2)n1N=Cc1c(C)[nH]c2ccccc12. The van der Waals surface area contributed by atoms with Crippen molar-refractivity contribution < 1.29 is 4.42 Å². The molecule has 0 bridgehead atoms. The number of rotatable bonds is 4. The van der Waals surface area contributed by atoms with E-state index in [1.807, 2.05) is 47.5 Å². The zero-order valence-corrected chi connectivity index (χ0v) is 14.9. The van der Waals surface area contributed by atoms with Crippen LogP contribution >= 0.6 is 11.3 Å². The predicted octanol–water partition coefficient (Wildman–Crippen LogP) is 4.40. The van der Waals surface area contributed by atoms with E-state index in [2.05, 4.69) is 29.0 Å². The molecule has 6 heteroatoms. The number of furan rings is 1. The maximum Gasteiger partial charge on any atom is 0.206 e. The fourth-order valence-electron chi connectivity index (χ4n) is 2.83. The van der Waals surface area contributed by atoms with E-state index in [1.54, 1.807) is 17.6 Å². The number of H-pyrrole nitrogens is 1. The number of aromatic nitrogens is 2. The standard InChI is InChI=1S/C19H18N4OS/c1-3-20-19-23(17(12-25-19)18-9-6-10-24-18)21-11-15-13(2)22-16-8-5-4-7-14(15)16/h4-12,22H,3H2,1-2H3. The Hall–Kier alpha value is -2.86. The van der Waals surface area contributed by atoms with Gasteiger partial charge in [0, 0.05) is 34.1 Å². The number of nitrogens with one attached hydrogen (secondary N) is 1. The van der Waals surface area contributed by atoms with Gasteiger partial charge in [0.05, 0.1) is 12.5 Å². The van der Waals surface area contributed by atoms with Crippen LogP contribution < -0.4 is 4.80 Å². The quantitative estimate of drug-likeness (QED) is 0.545. The molecule has 126 valence electrons. The molecular weight excluding hydrogens is 332 g/mol. The molecule has 3 aromatic heterocycles. The van der Waals surface area contributed by atoms with Crippen LogP contribution in [-0.4, -0.2) is 22.4 Å². The summed E-state index contributed by atoms with van der Waals surface area (Å²) in [5.74, 6) is 0.779. The van der Waals surface area contributed by atoms with Crippen molar-refractivity contribution in [3.8, 4) is 11.5 Å². The van der Waals surface area contributed by atoms with E-state index in [4.69, 9.17) is 9.52 Å². The molecule has 0 spiro atoms. The van der Waals surface area contributed by atoms with Gasteiger partial charge in [-0.15, -0.1) is 11.3 Å². The third kappa shape index (κ3) is 2.85. The van der Waals surface area contributed by atoms with E-state index >= 15 is 0 Å². The molecule has 5 nitrogen and oxygen atoms in total. The normalized spacial score (nSPS) is 12.6. The number of thiazole rings is 1. The second kappa shape index (κ2) is 6.57. The van der Waals surface area contributed by atoms with Gasteiger partial charge in [-0.3, -0.25) is 4.99 Å². The first kappa shape index (κ1) is 15.7. The molecule has 0 aliphatic carbocycles. The van der Waals surface area contributed by atoms with Gasteiger partial charge in [-0.2, -0.15) is 5.10 Å². The van der Waals surface area contributed by atoms with E-state index in [-0.39, 0.29) is 0 Å². The lowest BCUT2D eigenvalue weighted by molar-refractivity contribution is 0.575. The van der Waals surface area contributed by atoms with Gasteiger partial charge in [-0.05, 0) is 32.0 Å². The molecule has 25 heavy (non-hydrogen) atoms. The molecule has 4 rings (SSSR count). The Morgan fingerprint density at radius 2 is 2.12 bits per heavy atom. The molecule has 3 heterocycles. The number of nitrogens with zero attached hydrogens (tertiary/aromatic N) is 3. The molecule has 0 aliphatic rings. The lowest BCUT2D eigenvalue weighted by Crippen LogP contribution is -2.12. The summed E-state index contributed by atoms with van der Waals surface area (Å²) >= 11 is 1.56. The number of hydrogen-bond acceptors (Lipinski definition) is 4. The summed E-state index contributed by atoms with van der Waals surface area (Å²) in [5.41, 5.74) is 4.19. The lowest BCUT2D eigenvalue weighted by Gasteiger charge is -2.00. The van der Waals surface area contributed by atoms with Crippen LogP contribution in [0.5, 0.6) is 0 Å². The van der Waals surface area contributed by atoms with E-state index < -0.39 is 0 Å². The van der Waals surface area contributed by atoms with Crippen LogP contribution in [0.3, 0.4) is 0 Å². The van der Waals surface area contributed by atoms with Gasteiger partial charge in [0.1, 0.15) is 5.69 Å². The van der Waals surface area contributed by atoms with E-state index in [0.29, 0.717) is 6.54 Å². The summed E-state index contributed by atoms with van der Waals surface area (Å²) in [6, 6.07) is 12.0. The Balaban J connectivity index is 1.85. The highest BCUT2D eigenvalue weighted by molar-refractivity contribution is 7.07. The Kier molecular flexibility index (Phi) is 4.11. The number of fused-ring (bicyclic) bond motifs is 1. The molecule has 4 aromatic rings. The smallest absolute Gasteiger partial charge is 0.206 e. The van der Waals surface area contributed by atoms with Gasteiger partial charge in [-0.1, -0.05) is 18.2 Å². The molecule has 0 radical (unpaired) electrons. The Bertz CT molecular complexity index is 1100. The van der Waals surface area contributed by atoms with Gasteiger partial charge in [0.25, 0.3) is 0 Å². The minimum Gasteiger partial charge on any atom is -0.463 e. The largest absolute Gasteiger partial charge is 0.463 e. The molecule has 0 atom stereocenters. The number of aromatic amines is 1. The number of aryl methyl sites for hydroxylation is 1. The summed E-state index contributed by atoms with van der Waals surface area (Å²) in [6.45, 7) is 4.79. The van der Waals surface area contributed by atoms with Gasteiger partial charge in [0.15, 0.2) is 5.76 Å². The Labute approximate surface area is 149 Å². The minimum absolute atomic E-state index is 0.708. The van der Waals surface area contributed by atoms with Gasteiger partial charge in [-0.25, -0.2) is 4.68 Å². The van der Waals surface area contributed by atoms with Crippen molar-refractivity contribution in [1.29, 1.82) is 0 Å². The fourth-order valence-corrected chi connectivity index (χ4v) is 3.71. The topological polar surface area (TPSA) is 58.6 Å². The van der Waals surface area contributed by atoms with Crippen LogP contribution in [-0.2, 0) is 0 Å². The lowest BCUT2D eigenvalue weighted by atomic mass is 10.1. The van der Waals surface area contributed by atoms with Crippen molar-refractivity contribution in [3.63, 3.8) is 0 Å². The predicted molar refractivity (Wildman–Crippen MR) is 102 cm³/mol. The minimum atomic E-state index is 0.708. The number of benzene rings is 1. The molecule has 1 N–H and O–H groups in total. The van der Waals surface area contributed by atoms with Crippen molar-refractivity contribution in [2.45, 2.75) is 13.8 Å². The maximum atomic E-state index is 5.55. The van der Waals surface area contributed by atoms with Crippen LogP contribution in [0, 0.1) is 6.92 Å². The Morgan fingerprint density at radius 3 is 2.92 bits per heavy atom. The summed E-state index contributed by atoms with van der Waals surface area (Å²) in [7, 11) is 0. The molecule has 0 aliphatic heterocycles. The second-order valence-corrected chi connectivity index (χ2v) is 6.46. The maximum absolute atomic E-state index is 5.55. The third-order valence-electron chi connectivity index (χ3n) is 4.00. The van der Waals surface area contributed by atoms with Gasteiger partial charge >= 0.3 is 0 Å². The van der Waals surface area contributed by atoms with Crippen LogP contribution in [0.4, 0.5) is 0 Å². The van der Waals surface area contributed by atoms with Crippen LogP contribution in [0.1, 0.15) is 18.2 Å². The highest BCUT2D eigenvalue weighted by Gasteiger charge is 2.10. The molecule has 0 amide bonds. The molecular formula is C19H18N4OS. The first-order valence-electron chi connectivity index (χ1n) is 8.14. The highest BCUT2D eigenvalue weighted by atomic mass is 32.1. The summed E-state index contributed by atoms with van der Waals surface area (Å²) in [5, 5.41) is 7.90. The first-order chi connectivity index (χ1) is 12.3. The molecule has 0 saturated carbocycles. The van der Waals surface area contributed by atoms with Crippen LogP contribution in [0.15, 0.2) is 62.6 Å². The zero-order chi connectivity index (χ0) is 17.2. The average Bonchev–Trinajstić information content (AvgIpc) is 3.32. The monoisotopic (exact) mass is 350 g/mol. The van der Waals surface area contributed by atoms with Gasteiger partial charge in [0.2, 0.25) is 4.80 Å². The van der Waals surface area contributed by atoms with Crippen LogP contribution in [0.25, 0.3) is 22.4 Å². The fraction of sp³-hybridized carbons (Fsp3) is 0.158. The van der Waals surface area contributed by atoms with E-state index in [9.17, 15) is 0 Å². The zero-order valence-electron chi connectivity index (χ0n) is 14.1. The summed E-state index contributed by atoms with van der Waals surface area (Å²) < 4.78 is 7.39. The van der Waals surface area contributed by atoms with E-state index in [1.165, 1.54) is 0 Å². The highest BCUT2D eigenvalue weighted by Crippen LogP contribution is 2.22. The number of hydrogen-bond donors (Lipinski definition) is 1. The van der Waals surface area contributed by atoms with Crippen LogP contribution in [0.2, 0.25) is 0 Å². The van der Waals surface area contributed by atoms with E-state index in [0.717, 1.165) is 38.4 Å². The molecule has 0 unspecified atom stereocenters. The molecule has 0 saturated heterocycles. The molecule has 0 fully saturated rings. The second-order valence-electron chi connectivity index (χ2n) is 5.62. The van der Waals surface area contributed by atoms with Crippen molar-refractivity contribution in [3.05, 3.63) is 64.1 Å².